The van der Waals surface area contributed by atoms with Gasteiger partial charge in [-0.25, -0.2) is 9.97 Å². The van der Waals surface area contributed by atoms with Crippen molar-refractivity contribution in [2.75, 3.05) is 5.32 Å². The summed E-state index contributed by atoms with van der Waals surface area (Å²) in [4.78, 5) is 8.69. The first-order valence-corrected chi connectivity index (χ1v) is 7.43. The maximum absolute atomic E-state index is 4.48. The Morgan fingerprint density at radius 3 is 2.75 bits per heavy atom. The van der Waals surface area contributed by atoms with E-state index in [2.05, 4.69) is 39.0 Å². The zero-order valence-corrected chi connectivity index (χ0v) is 12.3. The monoisotopic (exact) mass is 284 g/mol. The van der Waals surface area contributed by atoms with Gasteiger partial charge >= 0.3 is 0 Å². The lowest BCUT2D eigenvalue weighted by Gasteiger charge is -2.14. The van der Waals surface area contributed by atoms with E-state index >= 15 is 0 Å². The van der Waals surface area contributed by atoms with Crippen molar-refractivity contribution in [3.8, 4) is 5.82 Å². The minimum Gasteiger partial charge on any atom is -0.377 e. The molecule has 3 rings (SSSR count). The number of rotatable bonds is 4. The highest BCUT2D eigenvalue weighted by molar-refractivity contribution is 7.07. The van der Waals surface area contributed by atoms with Crippen LogP contribution in [0.2, 0.25) is 0 Å². The maximum atomic E-state index is 4.48. The highest BCUT2D eigenvalue weighted by Crippen LogP contribution is 2.21. The minimum atomic E-state index is 0.281. The molecule has 0 saturated carbocycles. The van der Waals surface area contributed by atoms with Crippen LogP contribution in [0.5, 0.6) is 0 Å². The van der Waals surface area contributed by atoms with E-state index < -0.39 is 0 Å². The van der Waals surface area contributed by atoms with Crippen LogP contribution in [0.1, 0.15) is 24.4 Å². The Hall–Kier alpha value is -2.14. The van der Waals surface area contributed by atoms with Crippen molar-refractivity contribution in [1.29, 1.82) is 0 Å². The Morgan fingerprint density at radius 1 is 1.25 bits per heavy atom. The van der Waals surface area contributed by atoms with Crippen LogP contribution < -0.4 is 5.32 Å². The zero-order chi connectivity index (χ0) is 13.9. The smallest absolute Gasteiger partial charge is 0.138 e. The number of hydrogen-bond acceptors (Lipinski definition) is 4. The molecule has 0 spiro atoms. The molecule has 0 amide bonds. The van der Waals surface area contributed by atoms with Crippen molar-refractivity contribution in [2.45, 2.75) is 19.9 Å². The fourth-order valence-electron chi connectivity index (χ4n) is 2.09. The number of nitrogens with one attached hydrogen (secondary N) is 1. The van der Waals surface area contributed by atoms with Gasteiger partial charge in [-0.15, -0.1) is 0 Å². The largest absolute Gasteiger partial charge is 0.377 e. The van der Waals surface area contributed by atoms with Crippen LogP contribution in [0, 0.1) is 6.92 Å². The van der Waals surface area contributed by atoms with Crippen molar-refractivity contribution in [2.24, 2.45) is 0 Å². The fraction of sp³-hybridized carbons (Fsp3) is 0.200. The number of pyridine rings is 1. The molecule has 0 radical (unpaired) electrons. The van der Waals surface area contributed by atoms with E-state index in [9.17, 15) is 0 Å². The second-order valence-electron chi connectivity index (χ2n) is 4.67. The Bertz CT molecular complexity index is 670. The Morgan fingerprint density at radius 2 is 2.15 bits per heavy atom. The molecule has 0 fully saturated rings. The number of nitrogens with zero attached hydrogens (tertiary/aromatic N) is 3. The van der Waals surface area contributed by atoms with Gasteiger partial charge in [-0.05, 0) is 48.4 Å². The van der Waals surface area contributed by atoms with Gasteiger partial charge in [0.25, 0.3) is 0 Å². The van der Waals surface area contributed by atoms with Crippen molar-refractivity contribution >= 4 is 17.0 Å². The van der Waals surface area contributed by atoms with Gasteiger partial charge in [0, 0.05) is 18.4 Å². The van der Waals surface area contributed by atoms with E-state index in [1.165, 1.54) is 5.56 Å². The molecule has 3 heterocycles. The molecule has 1 unspecified atom stereocenters. The summed E-state index contributed by atoms with van der Waals surface area (Å²) < 4.78 is 1.96. The van der Waals surface area contributed by atoms with Crippen LogP contribution in [0.15, 0.2) is 47.5 Å². The van der Waals surface area contributed by atoms with Crippen molar-refractivity contribution < 1.29 is 0 Å². The van der Waals surface area contributed by atoms with E-state index in [0.29, 0.717) is 0 Å². The fourth-order valence-corrected chi connectivity index (χ4v) is 2.84. The van der Waals surface area contributed by atoms with Gasteiger partial charge in [0.15, 0.2) is 0 Å². The SMILES string of the molecule is Cc1nccn1-c1ccc(NC(C)c2ccsc2)cn1. The normalized spacial score (nSPS) is 12.3. The van der Waals surface area contributed by atoms with E-state index in [0.717, 1.165) is 17.3 Å². The Balaban J connectivity index is 1.75. The standard InChI is InChI=1S/C15H16N4S/c1-11(13-5-8-20-10-13)18-14-3-4-15(17-9-14)19-7-6-16-12(19)2/h3-11,18H,1-2H3. The summed E-state index contributed by atoms with van der Waals surface area (Å²) in [5.74, 6) is 1.82. The third-order valence-corrected chi connectivity index (χ3v) is 3.95. The predicted octanol–water partition coefficient (Wildman–Crippen LogP) is 3.81. The molecule has 1 atom stereocenters. The van der Waals surface area contributed by atoms with E-state index in [1.807, 2.05) is 36.0 Å². The third kappa shape index (κ3) is 2.58. The lowest BCUT2D eigenvalue weighted by atomic mass is 10.2. The summed E-state index contributed by atoms with van der Waals surface area (Å²) in [6, 6.07) is 6.46. The number of hydrogen-bond donors (Lipinski definition) is 1. The molecule has 0 bridgehead atoms. The number of aryl methyl sites for hydroxylation is 1. The minimum absolute atomic E-state index is 0.281. The number of aromatic nitrogens is 3. The van der Waals surface area contributed by atoms with E-state index in [1.54, 1.807) is 17.5 Å². The van der Waals surface area contributed by atoms with Crippen molar-refractivity contribution in [1.82, 2.24) is 14.5 Å². The van der Waals surface area contributed by atoms with Crippen molar-refractivity contribution in [3.05, 3.63) is 58.9 Å². The first-order chi connectivity index (χ1) is 9.74. The molecular weight excluding hydrogens is 268 g/mol. The topological polar surface area (TPSA) is 42.7 Å². The Labute approximate surface area is 122 Å². The van der Waals surface area contributed by atoms with Crippen LogP contribution in [0.25, 0.3) is 5.82 Å². The highest BCUT2D eigenvalue weighted by atomic mass is 32.1. The Kier molecular flexibility index (Phi) is 3.52. The lowest BCUT2D eigenvalue weighted by molar-refractivity contribution is 0.884. The molecule has 4 nitrogen and oxygen atoms in total. The molecule has 102 valence electrons. The molecule has 0 aliphatic rings. The van der Waals surface area contributed by atoms with Crippen LogP contribution in [-0.2, 0) is 0 Å². The summed E-state index contributed by atoms with van der Waals surface area (Å²) in [7, 11) is 0. The zero-order valence-electron chi connectivity index (χ0n) is 11.4. The average molecular weight is 284 g/mol. The molecule has 0 saturated heterocycles. The molecule has 20 heavy (non-hydrogen) atoms. The van der Waals surface area contributed by atoms with Gasteiger partial charge < -0.3 is 5.32 Å². The number of thiophene rings is 1. The van der Waals surface area contributed by atoms with Crippen LogP contribution in [-0.4, -0.2) is 14.5 Å². The molecule has 3 aromatic rings. The van der Waals surface area contributed by atoms with Crippen LogP contribution >= 0.6 is 11.3 Å². The summed E-state index contributed by atoms with van der Waals surface area (Å²) in [6.45, 7) is 4.11. The van der Waals surface area contributed by atoms with Crippen LogP contribution in [0.3, 0.4) is 0 Å². The molecule has 1 N–H and O–H groups in total. The van der Waals surface area contributed by atoms with Crippen LogP contribution in [0.4, 0.5) is 5.69 Å². The second kappa shape index (κ2) is 5.46. The maximum Gasteiger partial charge on any atom is 0.138 e. The second-order valence-corrected chi connectivity index (χ2v) is 5.45. The number of imidazole rings is 1. The average Bonchev–Trinajstić information content (AvgIpc) is 3.11. The molecule has 0 aliphatic heterocycles. The molecular formula is C15H16N4S. The third-order valence-electron chi connectivity index (χ3n) is 3.25. The van der Waals surface area contributed by atoms with Gasteiger partial charge in [0.05, 0.1) is 11.9 Å². The van der Waals surface area contributed by atoms with Gasteiger partial charge in [-0.3, -0.25) is 4.57 Å². The van der Waals surface area contributed by atoms with Gasteiger partial charge in [0.2, 0.25) is 0 Å². The summed E-state index contributed by atoms with van der Waals surface area (Å²) in [6.07, 6.45) is 5.55. The predicted molar refractivity (Wildman–Crippen MR) is 82.5 cm³/mol. The number of anilines is 1. The summed E-state index contributed by atoms with van der Waals surface area (Å²) in [5.41, 5.74) is 2.31. The van der Waals surface area contributed by atoms with Gasteiger partial charge in [0.1, 0.15) is 11.6 Å². The summed E-state index contributed by atoms with van der Waals surface area (Å²) in [5, 5.41) is 7.71. The summed E-state index contributed by atoms with van der Waals surface area (Å²) >= 11 is 1.71. The van der Waals surface area contributed by atoms with E-state index in [-0.39, 0.29) is 6.04 Å². The first kappa shape index (κ1) is 12.9. The molecule has 0 aromatic carbocycles. The van der Waals surface area contributed by atoms with Gasteiger partial charge in [-0.1, -0.05) is 0 Å². The molecule has 5 heteroatoms. The van der Waals surface area contributed by atoms with Crippen molar-refractivity contribution in [3.63, 3.8) is 0 Å². The van der Waals surface area contributed by atoms with Gasteiger partial charge in [-0.2, -0.15) is 11.3 Å². The lowest BCUT2D eigenvalue weighted by Crippen LogP contribution is -2.06. The molecule has 3 aromatic heterocycles. The highest BCUT2D eigenvalue weighted by Gasteiger charge is 2.06. The van der Waals surface area contributed by atoms with E-state index in [4.69, 9.17) is 0 Å². The quantitative estimate of drug-likeness (QED) is 0.792. The first-order valence-electron chi connectivity index (χ1n) is 6.49. The molecule has 0 aliphatic carbocycles.